The van der Waals surface area contributed by atoms with Crippen LogP contribution in [0.25, 0.3) is 0 Å². The molecule has 0 unspecified atom stereocenters. The SMILES string of the molecule is COc1ccc(C(=O)N2CCCC[C@@H]2c2cc(C(N)=O)n[nH]2)cn1. The summed E-state index contributed by atoms with van der Waals surface area (Å²) in [4.78, 5) is 29.9. The number of carbonyl (C=O) groups is 2. The molecule has 8 heteroatoms. The number of rotatable bonds is 4. The van der Waals surface area contributed by atoms with Crippen molar-refractivity contribution < 1.29 is 14.3 Å². The van der Waals surface area contributed by atoms with E-state index in [0.717, 1.165) is 25.0 Å². The van der Waals surface area contributed by atoms with Crippen molar-refractivity contribution in [2.75, 3.05) is 13.7 Å². The van der Waals surface area contributed by atoms with Crippen molar-refractivity contribution in [3.05, 3.63) is 41.3 Å². The Labute approximate surface area is 139 Å². The number of hydrogen-bond acceptors (Lipinski definition) is 5. The number of pyridine rings is 1. The third-order valence-electron chi connectivity index (χ3n) is 4.17. The molecule has 126 valence electrons. The molecule has 1 saturated heterocycles. The van der Waals surface area contributed by atoms with Crippen LogP contribution in [0.4, 0.5) is 0 Å². The molecular formula is C16H19N5O3. The normalized spacial score (nSPS) is 17.5. The van der Waals surface area contributed by atoms with E-state index in [1.54, 1.807) is 23.1 Å². The van der Waals surface area contributed by atoms with Crippen LogP contribution in [0.3, 0.4) is 0 Å². The highest BCUT2D eigenvalue weighted by molar-refractivity contribution is 5.94. The highest BCUT2D eigenvalue weighted by atomic mass is 16.5. The fraction of sp³-hybridized carbons (Fsp3) is 0.375. The molecule has 3 rings (SSSR count). The lowest BCUT2D eigenvalue weighted by molar-refractivity contribution is 0.0605. The molecule has 1 aliphatic heterocycles. The molecule has 0 bridgehead atoms. The maximum absolute atomic E-state index is 12.8. The average Bonchev–Trinajstić information content (AvgIpc) is 3.11. The number of aromatic nitrogens is 3. The van der Waals surface area contributed by atoms with Gasteiger partial charge in [-0.1, -0.05) is 0 Å². The number of ether oxygens (including phenoxy) is 1. The first-order valence-corrected chi connectivity index (χ1v) is 7.76. The van der Waals surface area contributed by atoms with E-state index in [0.29, 0.717) is 18.0 Å². The summed E-state index contributed by atoms with van der Waals surface area (Å²) in [5.41, 5.74) is 6.64. The quantitative estimate of drug-likeness (QED) is 0.877. The molecule has 2 aromatic rings. The molecule has 3 N–H and O–H groups in total. The van der Waals surface area contributed by atoms with Crippen molar-refractivity contribution in [2.24, 2.45) is 5.73 Å². The molecule has 1 aliphatic rings. The van der Waals surface area contributed by atoms with Crippen molar-refractivity contribution in [1.82, 2.24) is 20.1 Å². The number of amides is 2. The van der Waals surface area contributed by atoms with Gasteiger partial charge in [0, 0.05) is 18.8 Å². The Morgan fingerprint density at radius 2 is 2.21 bits per heavy atom. The second-order valence-electron chi connectivity index (χ2n) is 5.67. The number of nitrogens with two attached hydrogens (primary N) is 1. The molecule has 0 radical (unpaired) electrons. The van der Waals surface area contributed by atoms with Crippen molar-refractivity contribution in [3.8, 4) is 5.88 Å². The Hall–Kier alpha value is -2.90. The van der Waals surface area contributed by atoms with E-state index in [-0.39, 0.29) is 17.6 Å². The number of primary amides is 1. The predicted molar refractivity (Wildman–Crippen MR) is 85.5 cm³/mol. The first-order chi connectivity index (χ1) is 11.6. The Balaban J connectivity index is 1.85. The van der Waals surface area contributed by atoms with Crippen molar-refractivity contribution in [3.63, 3.8) is 0 Å². The van der Waals surface area contributed by atoms with Gasteiger partial charge in [-0.3, -0.25) is 14.7 Å². The number of H-pyrrole nitrogens is 1. The van der Waals surface area contributed by atoms with E-state index in [2.05, 4.69) is 15.2 Å². The van der Waals surface area contributed by atoms with E-state index in [1.165, 1.54) is 13.3 Å². The van der Waals surface area contributed by atoms with Crippen LogP contribution >= 0.6 is 0 Å². The zero-order valence-electron chi connectivity index (χ0n) is 13.4. The van der Waals surface area contributed by atoms with E-state index in [1.807, 2.05) is 0 Å². The minimum atomic E-state index is -0.592. The standard InChI is InChI=1S/C16H19N5O3/c1-24-14-6-5-10(9-18-14)16(23)21-7-3-2-4-13(21)11-8-12(15(17)22)20-19-11/h5-6,8-9,13H,2-4,7H2,1H3,(H2,17,22)(H,19,20)/t13-/m1/s1. The van der Waals surface area contributed by atoms with Gasteiger partial charge in [0.1, 0.15) is 5.69 Å². The summed E-state index contributed by atoms with van der Waals surface area (Å²) in [6.45, 7) is 0.639. The predicted octanol–water partition coefficient (Wildman–Crippen LogP) is 1.28. The molecule has 3 heterocycles. The first-order valence-electron chi connectivity index (χ1n) is 7.76. The number of nitrogens with zero attached hydrogens (tertiary/aromatic N) is 3. The minimum absolute atomic E-state index is 0.106. The van der Waals surface area contributed by atoms with Gasteiger partial charge < -0.3 is 15.4 Å². The largest absolute Gasteiger partial charge is 0.481 e. The fourth-order valence-corrected chi connectivity index (χ4v) is 2.92. The molecule has 2 amide bonds. The first kappa shape index (κ1) is 16.0. The van der Waals surface area contributed by atoms with E-state index < -0.39 is 5.91 Å². The number of methoxy groups -OCH3 is 1. The number of hydrogen-bond donors (Lipinski definition) is 2. The fourth-order valence-electron chi connectivity index (χ4n) is 2.92. The number of aromatic amines is 1. The van der Waals surface area contributed by atoms with Gasteiger partial charge in [-0.05, 0) is 31.4 Å². The second-order valence-corrected chi connectivity index (χ2v) is 5.67. The van der Waals surface area contributed by atoms with Crippen molar-refractivity contribution in [2.45, 2.75) is 25.3 Å². The number of likely N-dealkylation sites (tertiary alicyclic amines) is 1. The molecule has 0 spiro atoms. The van der Waals surface area contributed by atoms with Crippen LogP contribution in [0.1, 0.15) is 51.8 Å². The summed E-state index contributed by atoms with van der Waals surface area (Å²) in [5.74, 6) is -0.239. The second kappa shape index (κ2) is 6.69. The monoisotopic (exact) mass is 329 g/mol. The highest BCUT2D eigenvalue weighted by Crippen LogP contribution is 2.31. The maximum atomic E-state index is 12.8. The van der Waals surface area contributed by atoms with Gasteiger partial charge in [-0.25, -0.2) is 4.98 Å². The Kier molecular flexibility index (Phi) is 4.45. The van der Waals surface area contributed by atoms with Crippen LogP contribution in [0.5, 0.6) is 5.88 Å². The van der Waals surface area contributed by atoms with Gasteiger partial charge in [0.2, 0.25) is 5.88 Å². The van der Waals surface area contributed by atoms with Crippen molar-refractivity contribution in [1.29, 1.82) is 0 Å². The number of piperidine rings is 1. The lowest BCUT2D eigenvalue weighted by Crippen LogP contribution is -2.38. The summed E-state index contributed by atoms with van der Waals surface area (Å²) in [6, 6.07) is 4.81. The Bertz CT molecular complexity index is 740. The van der Waals surface area contributed by atoms with Crippen LogP contribution in [-0.2, 0) is 0 Å². The molecule has 0 aromatic carbocycles. The molecule has 2 aromatic heterocycles. The van der Waals surface area contributed by atoms with Gasteiger partial charge in [-0.15, -0.1) is 0 Å². The van der Waals surface area contributed by atoms with Gasteiger partial charge in [-0.2, -0.15) is 5.10 Å². The summed E-state index contributed by atoms with van der Waals surface area (Å²) >= 11 is 0. The topological polar surface area (TPSA) is 114 Å². The summed E-state index contributed by atoms with van der Waals surface area (Å²) in [6.07, 6.45) is 4.24. The van der Waals surface area contributed by atoms with Crippen molar-refractivity contribution >= 4 is 11.8 Å². The van der Waals surface area contributed by atoms with Crippen LogP contribution in [0, 0.1) is 0 Å². The van der Waals surface area contributed by atoms with Crippen LogP contribution in [0.15, 0.2) is 24.4 Å². The molecule has 24 heavy (non-hydrogen) atoms. The number of nitrogens with one attached hydrogen (secondary N) is 1. The van der Waals surface area contributed by atoms with Gasteiger partial charge in [0.05, 0.1) is 24.4 Å². The van der Waals surface area contributed by atoms with E-state index >= 15 is 0 Å². The molecular weight excluding hydrogens is 310 g/mol. The average molecular weight is 329 g/mol. The van der Waals surface area contributed by atoms with Crippen LogP contribution in [0.2, 0.25) is 0 Å². The summed E-state index contributed by atoms with van der Waals surface area (Å²) in [5, 5.41) is 6.74. The Morgan fingerprint density at radius 3 is 2.83 bits per heavy atom. The zero-order valence-corrected chi connectivity index (χ0v) is 13.4. The molecule has 0 saturated carbocycles. The maximum Gasteiger partial charge on any atom is 0.269 e. The third-order valence-corrected chi connectivity index (χ3v) is 4.17. The highest BCUT2D eigenvalue weighted by Gasteiger charge is 2.30. The minimum Gasteiger partial charge on any atom is -0.481 e. The summed E-state index contributed by atoms with van der Waals surface area (Å²) < 4.78 is 5.02. The summed E-state index contributed by atoms with van der Waals surface area (Å²) in [7, 11) is 1.53. The third kappa shape index (κ3) is 3.08. The van der Waals surface area contributed by atoms with E-state index in [9.17, 15) is 9.59 Å². The lowest BCUT2D eigenvalue weighted by Gasteiger charge is -2.35. The molecule has 1 atom stereocenters. The molecule has 0 aliphatic carbocycles. The van der Waals surface area contributed by atoms with Gasteiger partial charge >= 0.3 is 0 Å². The van der Waals surface area contributed by atoms with E-state index in [4.69, 9.17) is 10.5 Å². The van der Waals surface area contributed by atoms with Gasteiger partial charge in [0.15, 0.2) is 0 Å². The smallest absolute Gasteiger partial charge is 0.269 e. The Morgan fingerprint density at radius 1 is 1.38 bits per heavy atom. The zero-order chi connectivity index (χ0) is 17.1. The van der Waals surface area contributed by atoms with Crippen LogP contribution < -0.4 is 10.5 Å². The lowest BCUT2D eigenvalue weighted by atomic mass is 9.98. The van der Waals surface area contributed by atoms with Crippen LogP contribution in [-0.4, -0.2) is 45.6 Å². The number of carbonyl (C=O) groups excluding carboxylic acids is 2. The molecule has 1 fully saturated rings. The van der Waals surface area contributed by atoms with Gasteiger partial charge in [0.25, 0.3) is 11.8 Å². The molecule has 8 nitrogen and oxygen atoms in total.